The van der Waals surface area contributed by atoms with Crippen molar-refractivity contribution >= 4 is 23.5 Å². The first-order chi connectivity index (χ1) is 8.04. The summed E-state index contributed by atoms with van der Waals surface area (Å²) in [7, 11) is 1.31. The standard InChI is InChI=1S/C12H18ClNO3/c1-8(15)14-11(12(16)17-2)7-9-5-3-4-6-10(9)13/h11H,3-7H2,1-2H3,(H,14,15)/t11-/m1/s1. The quantitative estimate of drug-likeness (QED) is 0.787. The van der Waals surface area contributed by atoms with E-state index in [1.165, 1.54) is 14.0 Å². The van der Waals surface area contributed by atoms with Crippen LogP contribution in [-0.2, 0) is 14.3 Å². The van der Waals surface area contributed by atoms with Gasteiger partial charge in [-0.25, -0.2) is 4.79 Å². The van der Waals surface area contributed by atoms with Crippen LogP contribution in [0.25, 0.3) is 0 Å². The van der Waals surface area contributed by atoms with Crippen LogP contribution in [0.2, 0.25) is 0 Å². The van der Waals surface area contributed by atoms with E-state index in [-0.39, 0.29) is 5.91 Å². The molecule has 1 atom stereocenters. The molecule has 0 aliphatic heterocycles. The second-order valence-corrected chi connectivity index (χ2v) is 4.65. The normalized spacial score (nSPS) is 17.6. The minimum absolute atomic E-state index is 0.243. The van der Waals surface area contributed by atoms with Crippen molar-refractivity contribution in [1.29, 1.82) is 0 Å². The van der Waals surface area contributed by atoms with Crippen molar-refractivity contribution in [3.05, 3.63) is 10.6 Å². The molecule has 0 saturated carbocycles. The van der Waals surface area contributed by atoms with E-state index >= 15 is 0 Å². The highest BCUT2D eigenvalue weighted by Crippen LogP contribution is 2.30. The van der Waals surface area contributed by atoms with Crippen LogP contribution in [0.1, 0.15) is 39.0 Å². The van der Waals surface area contributed by atoms with E-state index in [2.05, 4.69) is 10.1 Å². The number of methoxy groups -OCH3 is 1. The van der Waals surface area contributed by atoms with Gasteiger partial charge in [0, 0.05) is 18.4 Å². The van der Waals surface area contributed by atoms with Crippen LogP contribution in [0.4, 0.5) is 0 Å². The maximum absolute atomic E-state index is 11.5. The molecule has 0 fully saturated rings. The molecular weight excluding hydrogens is 242 g/mol. The number of carbonyl (C=O) groups is 2. The van der Waals surface area contributed by atoms with Crippen molar-refractivity contribution < 1.29 is 14.3 Å². The molecule has 4 nitrogen and oxygen atoms in total. The van der Waals surface area contributed by atoms with E-state index < -0.39 is 12.0 Å². The predicted octanol–water partition coefficient (Wildman–Crippen LogP) is 2.12. The number of allylic oxidation sites excluding steroid dienone is 1. The zero-order valence-electron chi connectivity index (χ0n) is 10.2. The van der Waals surface area contributed by atoms with Gasteiger partial charge in [-0.1, -0.05) is 17.2 Å². The summed E-state index contributed by atoms with van der Waals surface area (Å²) in [4.78, 5) is 22.6. The Hall–Kier alpha value is -1.03. The lowest BCUT2D eigenvalue weighted by molar-refractivity contribution is -0.144. The molecule has 0 heterocycles. The Balaban J connectivity index is 2.71. The van der Waals surface area contributed by atoms with E-state index in [1.54, 1.807) is 0 Å². The first kappa shape index (κ1) is 14.0. The van der Waals surface area contributed by atoms with Crippen molar-refractivity contribution in [2.75, 3.05) is 7.11 Å². The topological polar surface area (TPSA) is 55.4 Å². The van der Waals surface area contributed by atoms with Gasteiger partial charge in [0.05, 0.1) is 7.11 Å². The number of nitrogens with one attached hydrogen (secondary N) is 1. The van der Waals surface area contributed by atoms with Gasteiger partial charge in [-0.3, -0.25) is 4.79 Å². The first-order valence-electron chi connectivity index (χ1n) is 5.76. The number of carbonyl (C=O) groups excluding carboxylic acids is 2. The molecule has 96 valence electrons. The van der Waals surface area contributed by atoms with Crippen LogP contribution < -0.4 is 5.32 Å². The fourth-order valence-corrected chi connectivity index (χ4v) is 2.28. The van der Waals surface area contributed by atoms with Gasteiger partial charge in [0.2, 0.25) is 5.91 Å². The summed E-state index contributed by atoms with van der Waals surface area (Å²) in [6.07, 6.45) is 4.38. The molecular formula is C12H18ClNO3. The zero-order valence-corrected chi connectivity index (χ0v) is 11.0. The summed E-state index contributed by atoms with van der Waals surface area (Å²) in [5.74, 6) is -0.671. The smallest absolute Gasteiger partial charge is 0.328 e. The summed E-state index contributed by atoms with van der Waals surface area (Å²) in [6.45, 7) is 1.38. The maximum Gasteiger partial charge on any atom is 0.328 e. The van der Waals surface area contributed by atoms with Gasteiger partial charge in [-0.05, 0) is 25.7 Å². The molecule has 1 N–H and O–H groups in total. The average molecular weight is 260 g/mol. The van der Waals surface area contributed by atoms with Crippen LogP contribution in [0.3, 0.4) is 0 Å². The highest BCUT2D eigenvalue weighted by Gasteiger charge is 2.23. The lowest BCUT2D eigenvalue weighted by Crippen LogP contribution is -2.40. The molecule has 0 radical (unpaired) electrons. The van der Waals surface area contributed by atoms with Crippen molar-refractivity contribution in [3.8, 4) is 0 Å². The number of amides is 1. The van der Waals surface area contributed by atoms with Crippen LogP contribution in [0.15, 0.2) is 10.6 Å². The number of hydrogen-bond donors (Lipinski definition) is 1. The highest BCUT2D eigenvalue weighted by molar-refractivity contribution is 6.30. The molecule has 1 rings (SSSR count). The maximum atomic E-state index is 11.5. The molecule has 0 bridgehead atoms. The Kier molecular flexibility index (Phi) is 5.48. The molecule has 17 heavy (non-hydrogen) atoms. The second kappa shape index (κ2) is 6.64. The Labute approximate surface area is 106 Å². The molecule has 0 aromatic rings. The van der Waals surface area contributed by atoms with E-state index in [1.807, 2.05) is 0 Å². The Morgan fingerprint density at radius 3 is 2.59 bits per heavy atom. The molecule has 1 aliphatic rings. The van der Waals surface area contributed by atoms with E-state index in [4.69, 9.17) is 11.6 Å². The molecule has 5 heteroatoms. The largest absolute Gasteiger partial charge is 0.467 e. The van der Waals surface area contributed by atoms with Crippen molar-refractivity contribution in [1.82, 2.24) is 5.32 Å². The summed E-state index contributed by atoms with van der Waals surface area (Å²) in [5.41, 5.74) is 1.06. The highest BCUT2D eigenvalue weighted by atomic mass is 35.5. The third-order valence-corrected chi connectivity index (χ3v) is 3.28. The van der Waals surface area contributed by atoms with Gasteiger partial charge in [-0.15, -0.1) is 0 Å². The SMILES string of the molecule is COC(=O)[C@@H](CC1=C(Cl)CCCC1)NC(C)=O. The molecule has 1 aliphatic carbocycles. The second-order valence-electron chi connectivity index (χ2n) is 4.20. The van der Waals surface area contributed by atoms with E-state index in [0.717, 1.165) is 36.3 Å². The number of hydrogen-bond acceptors (Lipinski definition) is 3. The Morgan fingerprint density at radius 1 is 1.41 bits per heavy atom. The number of esters is 1. The Bertz CT molecular complexity index is 339. The summed E-state index contributed by atoms with van der Waals surface area (Å²) in [6, 6.07) is -0.626. The van der Waals surface area contributed by atoms with Crippen molar-refractivity contribution in [3.63, 3.8) is 0 Å². The molecule has 0 unspecified atom stereocenters. The van der Waals surface area contributed by atoms with Gasteiger partial charge in [0.1, 0.15) is 6.04 Å². The fourth-order valence-electron chi connectivity index (χ4n) is 1.97. The van der Waals surface area contributed by atoms with Gasteiger partial charge in [0.15, 0.2) is 0 Å². The Morgan fingerprint density at radius 2 is 2.06 bits per heavy atom. The van der Waals surface area contributed by atoms with Gasteiger partial charge >= 0.3 is 5.97 Å². The van der Waals surface area contributed by atoms with Crippen molar-refractivity contribution in [2.24, 2.45) is 0 Å². The van der Waals surface area contributed by atoms with Gasteiger partial charge < -0.3 is 10.1 Å². The number of rotatable bonds is 4. The summed E-state index contributed by atoms with van der Waals surface area (Å²) in [5, 5.41) is 3.42. The minimum Gasteiger partial charge on any atom is -0.467 e. The molecule has 0 spiro atoms. The fraction of sp³-hybridized carbons (Fsp3) is 0.667. The molecule has 0 saturated heterocycles. The molecule has 0 aromatic carbocycles. The van der Waals surface area contributed by atoms with Crippen LogP contribution in [0, 0.1) is 0 Å². The molecule has 1 amide bonds. The van der Waals surface area contributed by atoms with Gasteiger partial charge in [-0.2, -0.15) is 0 Å². The van der Waals surface area contributed by atoms with Crippen LogP contribution in [0.5, 0.6) is 0 Å². The van der Waals surface area contributed by atoms with Crippen LogP contribution >= 0.6 is 11.6 Å². The number of ether oxygens (including phenoxy) is 1. The number of halogens is 1. The van der Waals surface area contributed by atoms with E-state index in [0.29, 0.717) is 6.42 Å². The summed E-state index contributed by atoms with van der Waals surface area (Å²) < 4.78 is 4.67. The zero-order chi connectivity index (χ0) is 12.8. The lowest BCUT2D eigenvalue weighted by Gasteiger charge is -2.21. The van der Waals surface area contributed by atoms with E-state index in [9.17, 15) is 9.59 Å². The monoisotopic (exact) mass is 259 g/mol. The summed E-state index contributed by atoms with van der Waals surface area (Å²) >= 11 is 6.13. The van der Waals surface area contributed by atoms with Crippen LogP contribution in [-0.4, -0.2) is 25.0 Å². The average Bonchev–Trinajstić information content (AvgIpc) is 2.29. The third-order valence-electron chi connectivity index (χ3n) is 2.82. The predicted molar refractivity (Wildman–Crippen MR) is 65.6 cm³/mol. The third kappa shape index (κ3) is 4.38. The van der Waals surface area contributed by atoms with Crippen molar-refractivity contribution in [2.45, 2.75) is 45.1 Å². The first-order valence-corrected chi connectivity index (χ1v) is 6.13. The lowest BCUT2D eigenvalue weighted by atomic mass is 9.94. The molecule has 0 aromatic heterocycles. The van der Waals surface area contributed by atoms with Gasteiger partial charge in [0.25, 0.3) is 0 Å². The minimum atomic E-state index is -0.626.